The van der Waals surface area contributed by atoms with E-state index in [2.05, 4.69) is 71.8 Å². The highest BCUT2D eigenvalue weighted by atomic mass is 15.0. The number of aromatic nitrogens is 1. The number of nitrogens with one attached hydrogen (secondary N) is 1. The largest absolute Gasteiger partial charge is 0.298 e. The summed E-state index contributed by atoms with van der Waals surface area (Å²) < 4.78 is 0. The van der Waals surface area contributed by atoms with Crippen LogP contribution in [-0.4, -0.2) is 4.98 Å². The molecule has 1 aromatic heterocycles. The van der Waals surface area contributed by atoms with E-state index in [-0.39, 0.29) is 12.1 Å². The van der Waals surface area contributed by atoms with Crippen LogP contribution in [0.3, 0.4) is 0 Å². The van der Waals surface area contributed by atoms with Gasteiger partial charge in [0, 0.05) is 12.2 Å². The summed E-state index contributed by atoms with van der Waals surface area (Å²) in [5.41, 5.74) is 3.58. The molecule has 0 spiro atoms. The van der Waals surface area contributed by atoms with Crippen LogP contribution in [0.5, 0.6) is 0 Å². The number of pyridine rings is 1. The molecule has 2 heteroatoms. The zero-order valence-corrected chi connectivity index (χ0v) is 12.7. The molecule has 0 aliphatic carbocycles. The fourth-order valence-corrected chi connectivity index (χ4v) is 2.64. The Morgan fingerprint density at radius 1 is 0.727 bits per heavy atom. The molecule has 0 aliphatic rings. The van der Waals surface area contributed by atoms with Crippen molar-refractivity contribution in [3.8, 4) is 0 Å². The van der Waals surface area contributed by atoms with Gasteiger partial charge in [0.15, 0.2) is 0 Å². The average molecular weight is 288 g/mol. The topological polar surface area (TPSA) is 24.9 Å². The lowest BCUT2D eigenvalue weighted by Gasteiger charge is -2.24. The molecule has 0 fully saturated rings. The maximum Gasteiger partial charge on any atom is 0.0581 e. The lowest BCUT2D eigenvalue weighted by Crippen LogP contribution is -2.26. The van der Waals surface area contributed by atoms with E-state index in [1.807, 2.05) is 30.5 Å². The predicted molar refractivity (Wildman–Crippen MR) is 90.5 cm³/mol. The van der Waals surface area contributed by atoms with Crippen molar-refractivity contribution in [1.82, 2.24) is 10.3 Å². The average Bonchev–Trinajstić information content (AvgIpc) is 2.62. The molecule has 110 valence electrons. The molecule has 22 heavy (non-hydrogen) atoms. The summed E-state index contributed by atoms with van der Waals surface area (Å²) in [6.07, 6.45) is 1.84. The number of benzene rings is 2. The van der Waals surface area contributed by atoms with Crippen LogP contribution in [0, 0.1) is 0 Å². The first-order valence-electron chi connectivity index (χ1n) is 7.61. The summed E-state index contributed by atoms with van der Waals surface area (Å²) in [7, 11) is 0. The van der Waals surface area contributed by atoms with Gasteiger partial charge in [0.2, 0.25) is 0 Å². The Balaban J connectivity index is 1.90. The van der Waals surface area contributed by atoms with E-state index in [1.165, 1.54) is 11.1 Å². The van der Waals surface area contributed by atoms with Gasteiger partial charge >= 0.3 is 0 Å². The molecule has 3 rings (SSSR count). The first-order chi connectivity index (χ1) is 10.8. The van der Waals surface area contributed by atoms with Gasteiger partial charge in [-0.3, -0.25) is 10.3 Å². The highest BCUT2D eigenvalue weighted by Crippen LogP contribution is 2.25. The molecule has 0 saturated carbocycles. The molecule has 0 bridgehead atoms. The van der Waals surface area contributed by atoms with Crippen LogP contribution in [0.1, 0.15) is 35.8 Å². The van der Waals surface area contributed by atoms with Crippen LogP contribution in [0.15, 0.2) is 85.1 Å². The first kappa shape index (κ1) is 14.5. The van der Waals surface area contributed by atoms with Gasteiger partial charge in [0.25, 0.3) is 0 Å². The molecule has 2 aromatic carbocycles. The van der Waals surface area contributed by atoms with Crippen LogP contribution in [0.2, 0.25) is 0 Å². The number of rotatable bonds is 5. The van der Waals surface area contributed by atoms with E-state index in [0.717, 1.165) is 5.69 Å². The Labute approximate surface area is 131 Å². The molecule has 1 heterocycles. The second kappa shape index (κ2) is 7.01. The Morgan fingerprint density at radius 2 is 1.27 bits per heavy atom. The van der Waals surface area contributed by atoms with Crippen molar-refractivity contribution in [2.75, 3.05) is 0 Å². The van der Waals surface area contributed by atoms with Crippen molar-refractivity contribution < 1.29 is 0 Å². The monoisotopic (exact) mass is 288 g/mol. The lowest BCUT2D eigenvalue weighted by atomic mass is 9.97. The standard InChI is InChI=1S/C20H20N2/c1-16(19-14-8-9-15-21-19)22-20(17-10-4-2-5-11-17)18-12-6-3-7-13-18/h2-16,20,22H,1H3/t16-/m1/s1. The van der Waals surface area contributed by atoms with E-state index in [4.69, 9.17) is 0 Å². The molecule has 1 atom stereocenters. The highest BCUT2D eigenvalue weighted by Gasteiger charge is 2.17. The van der Waals surface area contributed by atoms with Gasteiger partial charge in [-0.05, 0) is 30.2 Å². The van der Waals surface area contributed by atoms with Crippen molar-refractivity contribution in [2.45, 2.75) is 19.0 Å². The van der Waals surface area contributed by atoms with Crippen molar-refractivity contribution in [1.29, 1.82) is 0 Å². The van der Waals surface area contributed by atoms with Crippen molar-refractivity contribution >= 4 is 0 Å². The summed E-state index contributed by atoms with van der Waals surface area (Å²) in [4.78, 5) is 4.46. The SMILES string of the molecule is C[C@@H](NC(c1ccccc1)c1ccccc1)c1ccccn1. The molecule has 0 unspecified atom stereocenters. The molecule has 0 amide bonds. The minimum atomic E-state index is 0.152. The Bertz CT molecular complexity index is 641. The van der Waals surface area contributed by atoms with Crippen LogP contribution in [0.4, 0.5) is 0 Å². The predicted octanol–water partition coefficient (Wildman–Crippen LogP) is 4.52. The quantitative estimate of drug-likeness (QED) is 0.746. The van der Waals surface area contributed by atoms with Crippen LogP contribution in [0.25, 0.3) is 0 Å². The van der Waals surface area contributed by atoms with Gasteiger partial charge in [-0.15, -0.1) is 0 Å². The Kier molecular flexibility index (Phi) is 4.62. The Morgan fingerprint density at radius 3 is 1.77 bits per heavy atom. The molecule has 0 saturated heterocycles. The number of hydrogen-bond acceptors (Lipinski definition) is 2. The molecule has 0 aliphatic heterocycles. The van der Waals surface area contributed by atoms with Gasteiger partial charge in [-0.1, -0.05) is 66.7 Å². The lowest BCUT2D eigenvalue weighted by molar-refractivity contribution is 0.507. The van der Waals surface area contributed by atoms with Crippen LogP contribution in [-0.2, 0) is 0 Å². The summed E-state index contributed by atoms with van der Waals surface area (Å²) >= 11 is 0. The summed E-state index contributed by atoms with van der Waals surface area (Å²) in [6.45, 7) is 2.15. The van der Waals surface area contributed by atoms with Gasteiger partial charge in [-0.2, -0.15) is 0 Å². The minimum Gasteiger partial charge on any atom is -0.298 e. The molecular formula is C20H20N2. The molecule has 1 N–H and O–H groups in total. The van der Waals surface area contributed by atoms with E-state index >= 15 is 0 Å². The van der Waals surface area contributed by atoms with Gasteiger partial charge in [0.1, 0.15) is 0 Å². The van der Waals surface area contributed by atoms with E-state index in [9.17, 15) is 0 Å². The summed E-state index contributed by atoms with van der Waals surface area (Å²) in [5.74, 6) is 0. The maximum absolute atomic E-state index is 4.46. The van der Waals surface area contributed by atoms with Gasteiger partial charge in [-0.25, -0.2) is 0 Å². The van der Waals surface area contributed by atoms with Crippen molar-refractivity contribution in [2.24, 2.45) is 0 Å². The van der Waals surface area contributed by atoms with E-state index in [1.54, 1.807) is 0 Å². The third-order valence-electron chi connectivity index (χ3n) is 3.81. The minimum absolute atomic E-state index is 0.152. The fourth-order valence-electron chi connectivity index (χ4n) is 2.64. The zero-order chi connectivity index (χ0) is 15.2. The molecule has 0 radical (unpaired) electrons. The van der Waals surface area contributed by atoms with Gasteiger partial charge in [0.05, 0.1) is 11.7 Å². The third-order valence-corrected chi connectivity index (χ3v) is 3.81. The van der Waals surface area contributed by atoms with Crippen molar-refractivity contribution in [3.63, 3.8) is 0 Å². The molecule has 3 aromatic rings. The second-order valence-corrected chi connectivity index (χ2v) is 5.40. The molecular weight excluding hydrogens is 268 g/mol. The van der Waals surface area contributed by atoms with E-state index in [0.29, 0.717) is 0 Å². The zero-order valence-electron chi connectivity index (χ0n) is 12.7. The van der Waals surface area contributed by atoms with Crippen molar-refractivity contribution in [3.05, 3.63) is 102 Å². The number of nitrogens with zero attached hydrogens (tertiary/aromatic N) is 1. The summed E-state index contributed by atoms with van der Waals surface area (Å²) in [5, 5.41) is 3.70. The fraction of sp³-hybridized carbons (Fsp3) is 0.150. The summed E-state index contributed by atoms with van der Waals surface area (Å²) in [6, 6.07) is 27.4. The first-order valence-corrected chi connectivity index (χ1v) is 7.61. The smallest absolute Gasteiger partial charge is 0.0581 e. The van der Waals surface area contributed by atoms with Crippen LogP contribution >= 0.6 is 0 Å². The molecule has 2 nitrogen and oxygen atoms in total. The van der Waals surface area contributed by atoms with Gasteiger partial charge < -0.3 is 0 Å². The normalized spacial score (nSPS) is 12.3. The second-order valence-electron chi connectivity index (χ2n) is 5.40. The highest BCUT2D eigenvalue weighted by molar-refractivity contribution is 5.32. The third kappa shape index (κ3) is 3.41. The van der Waals surface area contributed by atoms with Crippen LogP contribution < -0.4 is 5.32 Å². The van der Waals surface area contributed by atoms with E-state index < -0.39 is 0 Å². The maximum atomic E-state index is 4.46. The number of hydrogen-bond donors (Lipinski definition) is 1. The Hall–Kier alpha value is -2.45.